The molecule has 0 spiro atoms. The van der Waals surface area contributed by atoms with E-state index in [-0.39, 0.29) is 18.1 Å². The molecule has 25 heavy (non-hydrogen) atoms. The summed E-state index contributed by atoms with van der Waals surface area (Å²) in [6, 6.07) is 10.2. The summed E-state index contributed by atoms with van der Waals surface area (Å²) in [6.45, 7) is 7.17. The first-order chi connectivity index (χ1) is 12.1. The van der Waals surface area contributed by atoms with E-state index in [1.54, 1.807) is 6.92 Å². The lowest BCUT2D eigenvalue weighted by molar-refractivity contribution is 0.134. The second kappa shape index (κ2) is 8.68. The molecule has 2 unspecified atom stereocenters. The van der Waals surface area contributed by atoms with Crippen LogP contribution in [0.25, 0.3) is 0 Å². The first-order valence-corrected chi connectivity index (χ1v) is 9.60. The lowest BCUT2D eigenvalue weighted by Crippen LogP contribution is -2.52. The third kappa shape index (κ3) is 5.72. The van der Waals surface area contributed by atoms with Crippen LogP contribution in [0.3, 0.4) is 0 Å². The number of benzene rings is 1. The molecule has 1 aliphatic heterocycles. The largest absolute Gasteiger partial charge is 0.393 e. The van der Waals surface area contributed by atoms with Crippen LogP contribution in [0.4, 0.5) is 4.79 Å². The van der Waals surface area contributed by atoms with Gasteiger partial charge in [-0.15, -0.1) is 0 Å². The van der Waals surface area contributed by atoms with Crippen LogP contribution in [-0.4, -0.2) is 66.3 Å². The van der Waals surface area contributed by atoms with Crippen LogP contribution in [0.1, 0.15) is 37.7 Å². The highest BCUT2D eigenvalue weighted by atomic mass is 16.3. The molecule has 2 N–H and O–H groups in total. The van der Waals surface area contributed by atoms with Crippen LogP contribution in [0.15, 0.2) is 30.3 Å². The van der Waals surface area contributed by atoms with E-state index in [4.69, 9.17) is 0 Å². The number of nitrogens with one attached hydrogen (secondary N) is 1. The molecule has 1 saturated heterocycles. The maximum absolute atomic E-state index is 12.5. The number of nitrogens with zero attached hydrogens (tertiary/aromatic N) is 2. The smallest absolute Gasteiger partial charge is 0.317 e. The van der Waals surface area contributed by atoms with E-state index in [0.717, 1.165) is 37.7 Å². The highest BCUT2D eigenvalue weighted by Crippen LogP contribution is 2.29. The Bertz CT molecular complexity index is 537. The fourth-order valence-corrected chi connectivity index (χ4v) is 3.60. The zero-order valence-corrected chi connectivity index (χ0v) is 15.2. The molecule has 2 fully saturated rings. The summed E-state index contributed by atoms with van der Waals surface area (Å²) >= 11 is 0. The molecule has 138 valence electrons. The minimum Gasteiger partial charge on any atom is -0.393 e. The number of urea groups is 1. The van der Waals surface area contributed by atoms with Crippen molar-refractivity contribution in [3.8, 4) is 0 Å². The molecular weight excluding hydrogens is 314 g/mol. The minimum absolute atomic E-state index is 0.0256. The molecular formula is C20H31N3O2. The average Bonchev–Trinajstić information content (AvgIpc) is 3.43. The second-order valence-electron chi connectivity index (χ2n) is 7.61. The lowest BCUT2D eigenvalue weighted by Gasteiger charge is -2.35. The number of carbonyl (C=O) groups is 1. The summed E-state index contributed by atoms with van der Waals surface area (Å²) in [4.78, 5) is 16.9. The van der Waals surface area contributed by atoms with Gasteiger partial charge in [-0.25, -0.2) is 4.79 Å². The molecule has 1 aromatic rings. The molecule has 1 heterocycles. The highest BCUT2D eigenvalue weighted by Gasteiger charge is 2.27. The quantitative estimate of drug-likeness (QED) is 0.797. The van der Waals surface area contributed by atoms with E-state index < -0.39 is 0 Å². The van der Waals surface area contributed by atoms with Gasteiger partial charge >= 0.3 is 6.03 Å². The Hall–Kier alpha value is -1.59. The van der Waals surface area contributed by atoms with Crippen LogP contribution in [0.2, 0.25) is 0 Å². The van der Waals surface area contributed by atoms with E-state index in [1.165, 1.54) is 19.4 Å². The van der Waals surface area contributed by atoms with Gasteiger partial charge in [-0.1, -0.05) is 30.3 Å². The van der Waals surface area contributed by atoms with Crippen molar-refractivity contribution >= 4 is 6.03 Å². The summed E-state index contributed by atoms with van der Waals surface area (Å²) < 4.78 is 0. The lowest BCUT2D eigenvalue weighted by atomic mass is 9.93. The normalized spacial score (nSPS) is 21.0. The molecule has 0 aromatic heterocycles. The molecule has 0 bridgehead atoms. The number of piperazine rings is 1. The van der Waals surface area contributed by atoms with Crippen LogP contribution in [-0.2, 0) is 0 Å². The first-order valence-electron chi connectivity index (χ1n) is 9.60. The maximum Gasteiger partial charge on any atom is 0.317 e. The monoisotopic (exact) mass is 345 g/mol. The van der Waals surface area contributed by atoms with Gasteiger partial charge in [0.15, 0.2) is 0 Å². The molecule has 2 aliphatic rings. The van der Waals surface area contributed by atoms with Crippen molar-refractivity contribution in [3.05, 3.63) is 35.9 Å². The SMILES string of the molecule is CC(O)CC(CNC(=O)N1CCN(CC2CC2)CC1)c1ccccc1. The van der Waals surface area contributed by atoms with Gasteiger partial charge in [0.25, 0.3) is 0 Å². The number of carbonyl (C=O) groups excluding carboxylic acids is 1. The van der Waals surface area contributed by atoms with Crippen LogP contribution in [0.5, 0.6) is 0 Å². The Morgan fingerprint density at radius 3 is 2.48 bits per heavy atom. The summed E-state index contributed by atoms with van der Waals surface area (Å²) in [5, 5.41) is 12.9. The molecule has 3 rings (SSSR count). The third-order valence-corrected chi connectivity index (χ3v) is 5.27. The van der Waals surface area contributed by atoms with Gasteiger partial charge in [0.05, 0.1) is 6.10 Å². The Labute approximate surface area is 151 Å². The van der Waals surface area contributed by atoms with E-state index >= 15 is 0 Å². The predicted molar refractivity (Wildman–Crippen MR) is 99.6 cm³/mol. The summed E-state index contributed by atoms with van der Waals surface area (Å²) in [5.41, 5.74) is 1.16. The number of hydrogen-bond acceptors (Lipinski definition) is 3. The van der Waals surface area contributed by atoms with Gasteiger partial charge in [-0.2, -0.15) is 0 Å². The number of aliphatic hydroxyl groups is 1. The van der Waals surface area contributed by atoms with Crippen molar-refractivity contribution in [2.45, 2.75) is 38.2 Å². The standard InChI is InChI=1S/C20H31N3O2/c1-16(24)13-19(18-5-3-2-4-6-18)14-21-20(25)23-11-9-22(10-12-23)15-17-7-8-17/h2-6,16-17,19,24H,7-15H2,1H3,(H,21,25). The highest BCUT2D eigenvalue weighted by molar-refractivity contribution is 5.74. The van der Waals surface area contributed by atoms with Gasteiger partial charge in [-0.05, 0) is 37.7 Å². The Balaban J connectivity index is 1.46. The number of rotatable bonds is 7. The molecule has 5 nitrogen and oxygen atoms in total. The van der Waals surface area contributed by atoms with E-state index in [9.17, 15) is 9.90 Å². The zero-order chi connectivity index (χ0) is 17.6. The maximum atomic E-state index is 12.5. The molecule has 2 atom stereocenters. The fourth-order valence-electron chi connectivity index (χ4n) is 3.60. The van der Waals surface area contributed by atoms with Crippen molar-refractivity contribution < 1.29 is 9.90 Å². The van der Waals surface area contributed by atoms with E-state index in [0.29, 0.717) is 13.0 Å². The number of aliphatic hydroxyl groups excluding tert-OH is 1. The number of amides is 2. The van der Waals surface area contributed by atoms with Crippen LogP contribution < -0.4 is 5.32 Å². The Morgan fingerprint density at radius 2 is 1.88 bits per heavy atom. The van der Waals surface area contributed by atoms with E-state index in [2.05, 4.69) is 22.3 Å². The van der Waals surface area contributed by atoms with Gasteiger partial charge in [0.1, 0.15) is 0 Å². The fraction of sp³-hybridized carbons (Fsp3) is 0.650. The van der Waals surface area contributed by atoms with E-state index in [1.807, 2.05) is 23.1 Å². The van der Waals surface area contributed by atoms with Crippen molar-refractivity contribution in [2.24, 2.45) is 5.92 Å². The molecule has 0 radical (unpaired) electrons. The number of hydrogen-bond donors (Lipinski definition) is 2. The minimum atomic E-state index is -0.381. The van der Waals surface area contributed by atoms with Crippen molar-refractivity contribution in [1.82, 2.24) is 15.1 Å². The zero-order valence-electron chi connectivity index (χ0n) is 15.2. The van der Waals surface area contributed by atoms with Gasteiger partial charge < -0.3 is 15.3 Å². The molecule has 1 saturated carbocycles. The first kappa shape index (κ1) is 18.2. The molecule has 1 aromatic carbocycles. The average molecular weight is 345 g/mol. The van der Waals surface area contributed by atoms with Gasteiger partial charge in [0, 0.05) is 45.2 Å². The van der Waals surface area contributed by atoms with Crippen molar-refractivity contribution in [3.63, 3.8) is 0 Å². The Morgan fingerprint density at radius 1 is 1.20 bits per heavy atom. The van der Waals surface area contributed by atoms with Gasteiger partial charge in [0.2, 0.25) is 0 Å². The predicted octanol–water partition coefficient (Wildman–Crippen LogP) is 2.28. The second-order valence-corrected chi connectivity index (χ2v) is 7.61. The van der Waals surface area contributed by atoms with Crippen molar-refractivity contribution in [1.29, 1.82) is 0 Å². The topological polar surface area (TPSA) is 55.8 Å². The van der Waals surface area contributed by atoms with Crippen LogP contribution >= 0.6 is 0 Å². The van der Waals surface area contributed by atoms with Crippen molar-refractivity contribution in [2.75, 3.05) is 39.3 Å². The third-order valence-electron chi connectivity index (χ3n) is 5.27. The van der Waals surface area contributed by atoms with Crippen LogP contribution in [0, 0.1) is 5.92 Å². The summed E-state index contributed by atoms with van der Waals surface area (Å²) in [6.07, 6.45) is 3.03. The van der Waals surface area contributed by atoms with Gasteiger partial charge in [-0.3, -0.25) is 4.90 Å². The molecule has 2 amide bonds. The molecule has 1 aliphatic carbocycles. The Kier molecular flexibility index (Phi) is 6.32. The summed E-state index contributed by atoms with van der Waals surface area (Å²) in [5.74, 6) is 1.05. The molecule has 5 heteroatoms. The summed E-state index contributed by atoms with van der Waals surface area (Å²) in [7, 11) is 0.